The van der Waals surface area contributed by atoms with Crippen molar-refractivity contribution in [3.63, 3.8) is 0 Å². The smallest absolute Gasteiger partial charge is 0.274 e. The lowest BCUT2D eigenvalue weighted by Crippen LogP contribution is -2.30. The molecule has 0 aliphatic carbocycles. The molecule has 0 saturated heterocycles. The van der Waals surface area contributed by atoms with Gasteiger partial charge in [-0.2, -0.15) is 5.26 Å². The molecule has 0 saturated carbocycles. The van der Waals surface area contributed by atoms with E-state index < -0.39 is 23.0 Å². The summed E-state index contributed by atoms with van der Waals surface area (Å²) in [6, 6.07) is 22.2. The summed E-state index contributed by atoms with van der Waals surface area (Å²) >= 11 is -1.66. The van der Waals surface area contributed by atoms with Gasteiger partial charge in [-0.15, -0.1) is 0 Å². The van der Waals surface area contributed by atoms with Crippen molar-refractivity contribution >= 4 is 56.2 Å². The third-order valence-electron chi connectivity index (χ3n) is 5.25. The number of nitriles is 1. The molecule has 4 rings (SSSR count). The van der Waals surface area contributed by atoms with Crippen LogP contribution in [-0.4, -0.2) is 32.4 Å². The van der Waals surface area contributed by atoms with E-state index in [0.29, 0.717) is 16.9 Å². The van der Waals surface area contributed by atoms with Gasteiger partial charge in [0.1, 0.15) is 0 Å². The van der Waals surface area contributed by atoms with Crippen LogP contribution in [0, 0.1) is 11.3 Å². The molecule has 4 aromatic rings. The fourth-order valence-corrected chi connectivity index (χ4v) is 4.67. The fraction of sp³-hybridized carbons (Fsp3) is 0.160. The van der Waals surface area contributed by atoms with Gasteiger partial charge in [0, 0.05) is 39.7 Å². The Morgan fingerprint density at radius 2 is 1.52 bits per heavy atom. The van der Waals surface area contributed by atoms with Crippen LogP contribution in [0.1, 0.15) is 12.5 Å². The molecule has 1 unspecified atom stereocenters. The Labute approximate surface area is 194 Å². The molecule has 2 N–H and O–H groups in total. The van der Waals surface area contributed by atoms with Gasteiger partial charge in [-0.1, -0.05) is 18.2 Å². The van der Waals surface area contributed by atoms with Gasteiger partial charge in [0.25, 0.3) is 11.8 Å². The summed E-state index contributed by atoms with van der Waals surface area (Å²) in [5.41, 5.74) is 3.81. The zero-order valence-corrected chi connectivity index (χ0v) is 18.8. The SMILES string of the molecule is CCn1c2ccccc2c2cc(NC(=O)C[S+]([O-])CC(=O)Nc3ccc(C#N)cc3)ccc21. The minimum absolute atomic E-state index is 0.282. The average molecular weight is 459 g/mol. The van der Waals surface area contributed by atoms with Gasteiger partial charge in [-0.3, -0.25) is 9.59 Å². The monoisotopic (exact) mass is 458 g/mol. The van der Waals surface area contributed by atoms with Crippen molar-refractivity contribution in [3.8, 4) is 6.07 Å². The van der Waals surface area contributed by atoms with Crippen LogP contribution in [0.25, 0.3) is 21.8 Å². The maximum absolute atomic E-state index is 12.4. The molecule has 166 valence electrons. The zero-order chi connectivity index (χ0) is 23.4. The molecule has 0 fully saturated rings. The first kappa shape index (κ1) is 22.4. The Morgan fingerprint density at radius 3 is 2.18 bits per heavy atom. The van der Waals surface area contributed by atoms with Crippen molar-refractivity contribution in [1.29, 1.82) is 5.26 Å². The second-order valence-electron chi connectivity index (χ2n) is 7.51. The Hall–Kier alpha value is -3.80. The summed E-state index contributed by atoms with van der Waals surface area (Å²) < 4.78 is 14.5. The number of nitrogens with one attached hydrogen (secondary N) is 2. The number of hydrogen-bond acceptors (Lipinski definition) is 4. The van der Waals surface area contributed by atoms with Crippen LogP contribution in [0.15, 0.2) is 66.7 Å². The van der Waals surface area contributed by atoms with E-state index >= 15 is 0 Å². The molecular formula is C25H22N4O3S. The number of para-hydroxylation sites is 1. The predicted molar refractivity (Wildman–Crippen MR) is 131 cm³/mol. The highest BCUT2D eigenvalue weighted by Gasteiger charge is 2.19. The standard InChI is InChI=1S/C25H22N4O3S/c1-2-29-22-6-4-3-5-20(22)21-13-19(11-12-23(21)29)28-25(31)16-33(32)15-24(30)27-18-9-7-17(14-26)8-10-18/h3-13H,2,15-16H2,1H3,(H,27,30)(H,28,31). The zero-order valence-electron chi connectivity index (χ0n) is 18.0. The lowest BCUT2D eigenvalue weighted by Gasteiger charge is -2.12. The largest absolute Gasteiger partial charge is 0.616 e. The summed E-state index contributed by atoms with van der Waals surface area (Å²) in [5.74, 6) is -1.45. The van der Waals surface area contributed by atoms with Crippen molar-refractivity contribution in [1.82, 2.24) is 4.57 Å². The molecule has 0 radical (unpaired) electrons. The van der Waals surface area contributed by atoms with Gasteiger partial charge in [0.05, 0.1) is 11.6 Å². The summed E-state index contributed by atoms with van der Waals surface area (Å²) in [5, 5.41) is 16.4. The van der Waals surface area contributed by atoms with E-state index in [-0.39, 0.29) is 11.5 Å². The normalized spacial score (nSPS) is 11.8. The molecule has 0 aliphatic rings. The second-order valence-corrected chi connectivity index (χ2v) is 8.96. The van der Waals surface area contributed by atoms with E-state index in [9.17, 15) is 14.1 Å². The van der Waals surface area contributed by atoms with Crippen LogP contribution in [-0.2, 0) is 27.3 Å². The highest BCUT2D eigenvalue weighted by Crippen LogP contribution is 2.31. The highest BCUT2D eigenvalue weighted by atomic mass is 32.2. The molecule has 3 aromatic carbocycles. The summed E-state index contributed by atoms with van der Waals surface area (Å²) in [7, 11) is 0. The van der Waals surface area contributed by atoms with Crippen LogP contribution in [0.5, 0.6) is 0 Å². The number of benzene rings is 3. The van der Waals surface area contributed by atoms with E-state index in [1.165, 1.54) is 0 Å². The minimum atomic E-state index is -1.66. The van der Waals surface area contributed by atoms with Gasteiger partial charge < -0.3 is 19.8 Å². The summed E-state index contributed by atoms with van der Waals surface area (Å²) in [4.78, 5) is 24.5. The topological polar surface area (TPSA) is 110 Å². The average Bonchev–Trinajstić information content (AvgIpc) is 3.12. The Kier molecular flexibility index (Phi) is 6.63. The number of aromatic nitrogens is 1. The van der Waals surface area contributed by atoms with Gasteiger partial charge in [-0.25, -0.2) is 0 Å². The molecule has 33 heavy (non-hydrogen) atoms. The van der Waals surface area contributed by atoms with E-state index in [4.69, 9.17) is 5.26 Å². The first-order chi connectivity index (χ1) is 16.0. The number of rotatable bonds is 7. The molecular weight excluding hydrogens is 436 g/mol. The van der Waals surface area contributed by atoms with Crippen molar-refractivity contribution in [2.24, 2.45) is 0 Å². The number of amides is 2. The summed E-state index contributed by atoms with van der Waals surface area (Å²) in [6.45, 7) is 2.92. The van der Waals surface area contributed by atoms with Crippen LogP contribution in [0.3, 0.4) is 0 Å². The lowest BCUT2D eigenvalue weighted by molar-refractivity contribution is -0.114. The van der Waals surface area contributed by atoms with Crippen molar-refractivity contribution in [3.05, 3.63) is 72.3 Å². The number of carbonyl (C=O) groups is 2. The van der Waals surface area contributed by atoms with E-state index in [2.05, 4.69) is 34.3 Å². The lowest BCUT2D eigenvalue weighted by atomic mass is 10.1. The van der Waals surface area contributed by atoms with E-state index in [1.807, 2.05) is 36.4 Å². The molecule has 7 nitrogen and oxygen atoms in total. The van der Waals surface area contributed by atoms with Crippen LogP contribution >= 0.6 is 0 Å². The number of aryl methyl sites for hydroxylation is 1. The molecule has 1 atom stereocenters. The van der Waals surface area contributed by atoms with Crippen LogP contribution in [0.2, 0.25) is 0 Å². The number of anilines is 2. The molecule has 0 aliphatic heterocycles. The van der Waals surface area contributed by atoms with Gasteiger partial charge in [-0.05, 0) is 66.6 Å². The fourth-order valence-electron chi connectivity index (χ4n) is 3.84. The van der Waals surface area contributed by atoms with Crippen LogP contribution in [0.4, 0.5) is 11.4 Å². The van der Waals surface area contributed by atoms with Gasteiger partial charge in [0.15, 0.2) is 11.5 Å². The van der Waals surface area contributed by atoms with Crippen LogP contribution < -0.4 is 10.6 Å². The Morgan fingerprint density at radius 1 is 0.909 bits per heavy atom. The molecule has 1 heterocycles. The van der Waals surface area contributed by atoms with Crippen molar-refractivity contribution in [2.75, 3.05) is 22.1 Å². The number of nitrogens with zero attached hydrogens (tertiary/aromatic N) is 2. The molecule has 1 aromatic heterocycles. The minimum Gasteiger partial charge on any atom is -0.616 e. The maximum Gasteiger partial charge on any atom is 0.274 e. The molecule has 8 heteroatoms. The number of hydrogen-bond donors (Lipinski definition) is 2. The Balaban J connectivity index is 1.38. The third kappa shape index (κ3) is 5.00. The maximum atomic E-state index is 12.4. The molecule has 0 spiro atoms. The quantitative estimate of drug-likeness (QED) is 0.408. The first-order valence-corrected chi connectivity index (χ1v) is 11.9. The summed E-state index contributed by atoms with van der Waals surface area (Å²) in [6.07, 6.45) is 0. The molecule has 0 bridgehead atoms. The van der Waals surface area contributed by atoms with Crippen molar-refractivity contribution < 1.29 is 14.1 Å². The number of carbonyl (C=O) groups excluding carboxylic acids is 2. The first-order valence-electron chi connectivity index (χ1n) is 10.4. The highest BCUT2D eigenvalue weighted by molar-refractivity contribution is 7.92. The predicted octanol–water partition coefficient (Wildman–Crippen LogP) is 4.01. The van der Waals surface area contributed by atoms with E-state index in [1.54, 1.807) is 24.3 Å². The van der Waals surface area contributed by atoms with Crippen molar-refractivity contribution in [2.45, 2.75) is 13.5 Å². The van der Waals surface area contributed by atoms with E-state index in [0.717, 1.165) is 28.4 Å². The Bertz CT molecular complexity index is 1370. The molecule has 2 amide bonds. The third-order valence-corrected chi connectivity index (χ3v) is 6.42. The second kappa shape index (κ2) is 9.77. The number of fused-ring (bicyclic) bond motifs is 3. The van der Waals surface area contributed by atoms with Gasteiger partial charge >= 0.3 is 0 Å². The van der Waals surface area contributed by atoms with Gasteiger partial charge in [0.2, 0.25) is 0 Å².